The number of aliphatic hydroxyl groups is 4. The molecule has 1 aliphatic rings. The summed E-state index contributed by atoms with van der Waals surface area (Å²) in [7, 11) is 0. The zero-order valence-corrected chi connectivity index (χ0v) is 21.2. The predicted molar refractivity (Wildman–Crippen MR) is 130 cm³/mol. The fourth-order valence-electron chi connectivity index (χ4n) is 3.95. The van der Waals surface area contributed by atoms with E-state index < -0.39 is 42.3 Å². The molecule has 1 saturated heterocycles. The van der Waals surface area contributed by atoms with Crippen molar-refractivity contribution < 1.29 is 39.5 Å². The van der Waals surface area contributed by atoms with Crippen LogP contribution in [0.2, 0.25) is 0 Å². The Morgan fingerprint density at radius 3 is 2.14 bits per heavy atom. The number of carbonyl (C=O) groups is 2. The minimum absolute atomic E-state index is 0.144. The average molecular weight is 503 g/mol. The minimum Gasteiger partial charge on any atom is -0.462 e. The van der Waals surface area contributed by atoms with Gasteiger partial charge in [0.05, 0.1) is 5.54 Å². The molecule has 36 heavy (non-hydrogen) atoms. The summed E-state index contributed by atoms with van der Waals surface area (Å²) in [5.74, 6) is -0.787. The Bertz CT molecular complexity index is 1110. The zero-order valence-electron chi connectivity index (χ0n) is 21.2. The van der Waals surface area contributed by atoms with Crippen molar-refractivity contribution in [2.45, 2.75) is 78.0 Å². The molecule has 5 atom stereocenters. The molecule has 0 saturated carbocycles. The lowest BCUT2D eigenvalue weighted by molar-refractivity contribution is -0.321. The van der Waals surface area contributed by atoms with Gasteiger partial charge < -0.3 is 29.9 Å². The van der Waals surface area contributed by atoms with Crippen LogP contribution in [0.15, 0.2) is 36.4 Å². The number of ether oxygens (including phenoxy) is 2. The smallest absolute Gasteiger partial charge is 0.272 e. The van der Waals surface area contributed by atoms with Crippen molar-refractivity contribution in [3.8, 4) is 5.75 Å². The SMILES string of the molecule is Cc1cc(C)cc(C(=O)N(NC(=O)c2cccc(OC3OC(O)C(O)C(O)C3O)c2C)C(C)(C)C)c1. The fourth-order valence-corrected chi connectivity index (χ4v) is 3.95. The van der Waals surface area contributed by atoms with Gasteiger partial charge in [0.1, 0.15) is 24.1 Å². The molecule has 10 nitrogen and oxygen atoms in total. The van der Waals surface area contributed by atoms with Crippen LogP contribution in [0.1, 0.15) is 58.2 Å². The second kappa shape index (κ2) is 10.5. The van der Waals surface area contributed by atoms with E-state index in [2.05, 4.69) is 5.43 Å². The van der Waals surface area contributed by atoms with Crippen molar-refractivity contribution in [3.05, 3.63) is 64.2 Å². The predicted octanol–water partition coefficient (Wildman–Crippen LogP) is 1.33. The summed E-state index contributed by atoms with van der Waals surface area (Å²) in [4.78, 5) is 26.7. The maximum atomic E-state index is 13.4. The van der Waals surface area contributed by atoms with Gasteiger partial charge in [0.25, 0.3) is 11.8 Å². The molecule has 1 fully saturated rings. The van der Waals surface area contributed by atoms with Gasteiger partial charge in [-0.1, -0.05) is 23.3 Å². The normalized spacial score (nSPS) is 24.2. The van der Waals surface area contributed by atoms with Gasteiger partial charge in [0, 0.05) is 16.7 Å². The first kappa shape index (κ1) is 27.6. The van der Waals surface area contributed by atoms with Gasteiger partial charge in [-0.3, -0.25) is 15.0 Å². The van der Waals surface area contributed by atoms with Crippen LogP contribution in [-0.2, 0) is 4.74 Å². The third-order valence-corrected chi connectivity index (χ3v) is 5.87. The van der Waals surface area contributed by atoms with Crippen LogP contribution >= 0.6 is 0 Å². The number of nitrogens with one attached hydrogen (secondary N) is 1. The Labute approximate surface area is 210 Å². The highest BCUT2D eigenvalue weighted by Crippen LogP contribution is 2.28. The lowest BCUT2D eigenvalue weighted by Crippen LogP contribution is -2.59. The fraction of sp³-hybridized carbons (Fsp3) is 0.462. The molecule has 2 aromatic rings. The Balaban J connectivity index is 1.85. The van der Waals surface area contributed by atoms with E-state index in [-0.39, 0.29) is 17.2 Å². The molecule has 1 aliphatic heterocycles. The number of carbonyl (C=O) groups excluding carboxylic acids is 2. The van der Waals surface area contributed by atoms with Crippen molar-refractivity contribution in [1.82, 2.24) is 10.4 Å². The van der Waals surface area contributed by atoms with Crippen molar-refractivity contribution in [2.75, 3.05) is 0 Å². The third kappa shape index (κ3) is 5.85. The van der Waals surface area contributed by atoms with E-state index >= 15 is 0 Å². The van der Waals surface area contributed by atoms with Gasteiger partial charge >= 0.3 is 0 Å². The topological polar surface area (TPSA) is 149 Å². The van der Waals surface area contributed by atoms with Gasteiger partial charge in [0.15, 0.2) is 6.29 Å². The molecule has 1 heterocycles. The molecule has 0 aromatic heterocycles. The van der Waals surface area contributed by atoms with E-state index in [1.54, 1.807) is 52.0 Å². The molecule has 2 aromatic carbocycles. The summed E-state index contributed by atoms with van der Waals surface area (Å²) in [5.41, 5.74) is 4.81. The monoisotopic (exact) mass is 502 g/mol. The molecule has 5 unspecified atom stereocenters. The number of benzene rings is 2. The van der Waals surface area contributed by atoms with Crippen molar-refractivity contribution in [1.29, 1.82) is 0 Å². The van der Waals surface area contributed by atoms with Crippen LogP contribution in [-0.4, -0.2) is 73.7 Å². The summed E-state index contributed by atoms with van der Waals surface area (Å²) >= 11 is 0. The van der Waals surface area contributed by atoms with Gasteiger partial charge in [-0.2, -0.15) is 0 Å². The van der Waals surface area contributed by atoms with Gasteiger partial charge in [-0.25, -0.2) is 5.01 Å². The largest absolute Gasteiger partial charge is 0.462 e. The zero-order chi connectivity index (χ0) is 26.9. The first-order valence-corrected chi connectivity index (χ1v) is 11.6. The second-order valence-electron chi connectivity index (χ2n) is 10.0. The number of hydrogen-bond donors (Lipinski definition) is 5. The van der Waals surface area contributed by atoms with Crippen molar-refractivity contribution >= 4 is 11.8 Å². The lowest BCUT2D eigenvalue weighted by Gasteiger charge is -2.38. The molecular formula is C26H34N2O8. The number of aryl methyl sites for hydroxylation is 2. The van der Waals surface area contributed by atoms with Crippen LogP contribution in [0.25, 0.3) is 0 Å². The molecule has 5 N–H and O–H groups in total. The highest BCUT2D eigenvalue weighted by molar-refractivity contribution is 6.00. The standard InChI is InChI=1S/C26H34N2O8/c1-13-10-14(2)12-16(11-13)23(33)28(26(4,5)6)27-22(32)17-8-7-9-18(15(17)3)35-25-21(31)19(29)20(30)24(34)36-25/h7-12,19-21,24-25,29-31,34H,1-6H3,(H,27,32). The Morgan fingerprint density at radius 2 is 1.56 bits per heavy atom. The molecule has 2 amide bonds. The second-order valence-corrected chi connectivity index (χ2v) is 10.0. The average Bonchev–Trinajstić information content (AvgIpc) is 2.78. The molecule has 196 valence electrons. The number of hydrogen-bond acceptors (Lipinski definition) is 8. The Kier molecular flexibility index (Phi) is 8.07. The van der Waals surface area contributed by atoms with Crippen LogP contribution in [0.4, 0.5) is 0 Å². The van der Waals surface area contributed by atoms with E-state index in [4.69, 9.17) is 9.47 Å². The van der Waals surface area contributed by atoms with Crippen LogP contribution in [0.5, 0.6) is 5.75 Å². The quantitative estimate of drug-likeness (QED) is 0.393. The molecule has 0 aliphatic carbocycles. The first-order chi connectivity index (χ1) is 16.7. The molecule has 0 bridgehead atoms. The maximum Gasteiger partial charge on any atom is 0.272 e. The minimum atomic E-state index is -1.77. The van der Waals surface area contributed by atoms with E-state index in [1.165, 1.54) is 11.1 Å². The lowest BCUT2D eigenvalue weighted by atomic mass is 10.0. The Morgan fingerprint density at radius 1 is 0.944 bits per heavy atom. The van der Waals surface area contributed by atoms with E-state index in [9.17, 15) is 30.0 Å². The summed E-state index contributed by atoms with van der Waals surface area (Å²) in [6.07, 6.45) is -8.30. The number of amides is 2. The van der Waals surface area contributed by atoms with Gasteiger partial charge in [-0.05, 0) is 65.8 Å². The van der Waals surface area contributed by atoms with Crippen LogP contribution < -0.4 is 10.2 Å². The van der Waals surface area contributed by atoms with E-state index in [0.29, 0.717) is 11.1 Å². The summed E-state index contributed by atoms with van der Waals surface area (Å²) in [6, 6.07) is 10.1. The maximum absolute atomic E-state index is 13.4. The number of aliphatic hydroxyl groups excluding tert-OH is 4. The number of hydrazine groups is 1. The number of rotatable bonds is 4. The Hall–Kier alpha value is -3.02. The third-order valence-electron chi connectivity index (χ3n) is 5.87. The summed E-state index contributed by atoms with van der Waals surface area (Å²) in [6.45, 7) is 10.8. The number of nitrogens with zero attached hydrogens (tertiary/aromatic N) is 1. The molecule has 0 radical (unpaired) electrons. The summed E-state index contributed by atoms with van der Waals surface area (Å²) in [5, 5.41) is 40.8. The molecule has 0 spiro atoms. The van der Waals surface area contributed by atoms with Gasteiger partial charge in [0.2, 0.25) is 6.29 Å². The first-order valence-electron chi connectivity index (χ1n) is 11.6. The van der Waals surface area contributed by atoms with Crippen LogP contribution in [0.3, 0.4) is 0 Å². The van der Waals surface area contributed by atoms with Crippen LogP contribution in [0, 0.1) is 20.8 Å². The van der Waals surface area contributed by atoms with E-state index in [1.807, 2.05) is 19.9 Å². The van der Waals surface area contributed by atoms with Crippen molar-refractivity contribution in [3.63, 3.8) is 0 Å². The molecule has 10 heteroatoms. The van der Waals surface area contributed by atoms with Gasteiger partial charge in [-0.15, -0.1) is 0 Å². The highest BCUT2D eigenvalue weighted by atomic mass is 16.7. The van der Waals surface area contributed by atoms with Crippen molar-refractivity contribution in [2.24, 2.45) is 0 Å². The highest BCUT2D eigenvalue weighted by Gasteiger charge is 2.44. The molecular weight excluding hydrogens is 468 g/mol. The summed E-state index contributed by atoms with van der Waals surface area (Å²) < 4.78 is 10.7. The van der Waals surface area contributed by atoms with E-state index in [0.717, 1.165) is 11.1 Å². The molecule has 3 rings (SSSR count).